The number of methoxy groups -OCH3 is 2. The molecule has 3 amide bonds. The lowest BCUT2D eigenvalue weighted by Gasteiger charge is -2.32. The highest BCUT2D eigenvalue weighted by molar-refractivity contribution is 5.98. The molecule has 9 nitrogen and oxygen atoms in total. The van der Waals surface area contributed by atoms with Gasteiger partial charge in [-0.25, -0.2) is 9.59 Å². The van der Waals surface area contributed by atoms with Crippen LogP contribution >= 0.6 is 0 Å². The lowest BCUT2D eigenvalue weighted by atomic mass is 9.95. The molecule has 0 aromatic heterocycles. The van der Waals surface area contributed by atoms with E-state index in [0.29, 0.717) is 30.2 Å². The SMILES string of the molecule is COCCNC(=O)CN1C(=O)N[C@H](c2ccc(OC)cc2)C2=C1COC2=O. The Bertz CT molecular complexity index is 774. The molecule has 0 saturated heterocycles. The topological polar surface area (TPSA) is 106 Å². The number of esters is 1. The average Bonchev–Trinajstić information content (AvgIpc) is 3.06. The Hall–Kier alpha value is -3.07. The van der Waals surface area contributed by atoms with Crippen molar-refractivity contribution in [3.05, 3.63) is 41.1 Å². The maximum atomic E-state index is 12.6. The van der Waals surface area contributed by atoms with E-state index in [1.165, 1.54) is 12.0 Å². The molecule has 0 bridgehead atoms. The summed E-state index contributed by atoms with van der Waals surface area (Å²) in [4.78, 5) is 38.2. The van der Waals surface area contributed by atoms with Crippen molar-refractivity contribution in [2.75, 3.05) is 40.5 Å². The zero-order valence-corrected chi connectivity index (χ0v) is 15.1. The second-order valence-corrected chi connectivity index (χ2v) is 6.02. The van der Waals surface area contributed by atoms with Gasteiger partial charge in [-0.05, 0) is 17.7 Å². The van der Waals surface area contributed by atoms with Crippen molar-refractivity contribution >= 4 is 17.9 Å². The maximum absolute atomic E-state index is 12.6. The summed E-state index contributed by atoms with van der Waals surface area (Å²) in [5.41, 5.74) is 1.47. The molecule has 0 fully saturated rings. The first kappa shape index (κ1) is 18.7. The number of rotatable bonds is 7. The van der Waals surface area contributed by atoms with Gasteiger partial charge >= 0.3 is 12.0 Å². The van der Waals surface area contributed by atoms with E-state index in [-0.39, 0.29) is 19.1 Å². The molecular formula is C18H21N3O6. The minimum absolute atomic E-state index is 0.0421. The van der Waals surface area contributed by atoms with Crippen molar-refractivity contribution in [3.8, 4) is 5.75 Å². The van der Waals surface area contributed by atoms with Crippen LogP contribution in [0.2, 0.25) is 0 Å². The molecule has 9 heteroatoms. The number of nitrogens with one attached hydrogen (secondary N) is 2. The van der Waals surface area contributed by atoms with Gasteiger partial charge in [0, 0.05) is 13.7 Å². The smallest absolute Gasteiger partial charge is 0.338 e. The standard InChI is InChI=1S/C18H21N3O6/c1-25-8-7-19-14(22)9-21-13-10-27-17(23)15(13)16(20-18(21)24)11-3-5-12(26-2)6-4-11/h3-6,16H,7-10H2,1-2H3,(H,19,22)(H,20,24)/t16-/m1/s1. The van der Waals surface area contributed by atoms with Crippen LogP contribution < -0.4 is 15.4 Å². The molecule has 27 heavy (non-hydrogen) atoms. The molecule has 2 aliphatic rings. The van der Waals surface area contributed by atoms with E-state index in [0.717, 1.165) is 5.56 Å². The van der Waals surface area contributed by atoms with Crippen LogP contribution in [0.1, 0.15) is 11.6 Å². The lowest BCUT2D eigenvalue weighted by molar-refractivity contribution is -0.136. The summed E-state index contributed by atoms with van der Waals surface area (Å²) in [6.07, 6.45) is 0. The van der Waals surface area contributed by atoms with Gasteiger partial charge < -0.3 is 24.8 Å². The van der Waals surface area contributed by atoms with E-state index in [1.807, 2.05) is 0 Å². The predicted molar refractivity (Wildman–Crippen MR) is 93.8 cm³/mol. The first-order valence-corrected chi connectivity index (χ1v) is 8.43. The van der Waals surface area contributed by atoms with Crippen molar-refractivity contribution in [3.63, 3.8) is 0 Å². The molecule has 2 heterocycles. The Labute approximate surface area is 156 Å². The van der Waals surface area contributed by atoms with Crippen LogP contribution in [-0.4, -0.2) is 63.3 Å². The summed E-state index contributed by atoms with van der Waals surface area (Å²) in [6.45, 7) is 0.452. The molecule has 1 atom stereocenters. The van der Waals surface area contributed by atoms with Crippen LogP contribution in [0.5, 0.6) is 5.75 Å². The molecule has 0 aliphatic carbocycles. The first-order valence-electron chi connectivity index (χ1n) is 8.43. The minimum atomic E-state index is -0.638. The van der Waals surface area contributed by atoms with Gasteiger partial charge in [0.05, 0.1) is 31.0 Å². The highest BCUT2D eigenvalue weighted by Crippen LogP contribution is 2.35. The first-order chi connectivity index (χ1) is 13.0. The number of ether oxygens (including phenoxy) is 3. The molecule has 144 valence electrons. The summed E-state index contributed by atoms with van der Waals surface area (Å²) in [5.74, 6) is -0.189. The number of cyclic esters (lactones) is 1. The molecule has 0 saturated carbocycles. The highest BCUT2D eigenvalue weighted by atomic mass is 16.5. The fourth-order valence-corrected chi connectivity index (χ4v) is 3.02. The van der Waals surface area contributed by atoms with Crippen molar-refractivity contribution in [2.24, 2.45) is 0 Å². The molecule has 0 unspecified atom stereocenters. The van der Waals surface area contributed by atoms with Gasteiger partial charge in [0.25, 0.3) is 0 Å². The monoisotopic (exact) mass is 375 g/mol. The number of nitrogens with zero attached hydrogens (tertiary/aromatic N) is 1. The van der Waals surface area contributed by atoms with Crippen molar-refractivity contribution in [2.45, 2.75) is 6.04 Å². The fraction of sp³-hybridized carbons (Fsp3) is 0.389. The van der Waals surface area contributed by atoms with Crippen molar-refractivity contribution in [1.82, 2.24) is 15.5 Å². The van der Waals surface area contributed by atoms with Crippen molar-refractivity contribution < 1.29 is 28.6 Å². The number of hydrogen-bond acceptors (Lipinski definition) is 6. The normalized spacial score (nSPS) is 18.7. The number of urea groups is 1. The quantitative estimate of drug-likeness (QED) is 0.526. The van der Waals surface area contributed by atoms with E-state index in [9.17, 15) is 14.4 Å². The Balaban J connectivity index is 1.83. The second-order valence-electron chi connectivity index (χ2n) is 6.02. The van der Waals surface area contributed by atoms with Gasteiger partial charge in [-0.2, -0.15) is 0 Å². The van der Waals surface area contributed by atoms with E-state index < -0.39 is 18.0 Å². The average molecular weight is 375 g/mol. The summed E-state index contributed by atoms with van der Waals surface area (Å²) >= 11 is 0. The third-order valence-corrected chi connectivity index (χ3v) is 4.38. The van der Waals surface area contributed by atoms with Gasteiger partial charge in [0.2, 0.25) is 5.91 Å². The van der Waals surface area contributed by atoms with E-state index in [2.05, 4.69) is 10.6 Å². The molecule has 2 N–H and O–H groups in total. The van der Waals surface area contributed by atoms with Crippen molar-refractivity contribution in [1.29, 1.82) is 0 Å². The third-order valence-electron chi connectivity index (χ3n) is 4.38. The molecule has 1 aromatic carbocycles. The van der Waals surface area contributed by atoms with Crippen LogP contribution in [0, 0.1) is 0 Å². The zero-order chi connectivity index (χ0) is 19.4. The van der Waals surface area contributed by atoms with Gasteiger partial charge in [0.1, 0.15) is 18.9 Å². The predicted octanol–water partition coefficient (Wildman–Crippen LogP) is 0.335. The van der Waals surface area contributed by atoms with E-state index in [4.69, 9.17) is 14.2 Å². The van der Waals surface area contributed by atoms with Crippen LogP contribution in [0.3, 0.4) is 0 Å². The van der Waals surface area contributed by atoms with Gasteiger partial charge in [-0.1, -0.05) is 12.1 Å². The largest absolute Gasteiger partial charge is 0.497 e. The number of benzene rings is 1. The molecular weight excluding hydrogens is 354 g/mol. The Morgan fingerprint density at radius 3 is 2.70 bits per heavy atom. The van der Waals surface area contributed by atoms with Crippen LogP contribution in [0.15, 0.2) is 35.5 Å². The highest BCUT2D eigenvalue weighted by Gasteiger charge is 2.42. The Morgan fingerprint density at radius 1 is 1.30 bits per heavy atom. The summed E-state index contributed by atoms with van der Waals surface area (Å²) < 4.78 is 15.1. The summed E-state index contributed by atoms with van der Waals surface area (Å²) in [7, 11) is 3.09. The van der Waals surface area contributed by atoms with Gasteiger partial charge in [-0.3, -0.25) is 9.69 Å². The Kier molecular flexibility index (Phi) is 5.60. The van der Waals surface area contributed by atoms with Crippen LogP contribution in [0.25, 0.3) is 0 Å². The summed E-state index contributed by atoms with van der Waals surface area (Å²) in [6, 6.07) is 5.94. The number of amides is 3. The second kappa shape index (κ2) is 8.09. The fourth-order valence-electron chi connectivity index (χ4n) is 3.02. The zero-order valence-electron chi connectivity index (χ0n) is 15.1. The lowest BCUT2D eigenvalue weighted by Crippen LogP contribution is -2.50. The van der Waals surface area contributed by atoms with E-state index >= 15 is 0 Å². The molecule has 3 rings (SSSR count). The number of carbonyl (C=O) groups is 3. The number of carbonyl (C=O) groups excluding carboxylic acids is 3. The minimum Gasteiger partial charge on any atom is -0.497 e. The molecule has 1 aromatic rings. The molecule has 0 radical (unpaired) electrons. The van der Waals surface area contributed by atoms with Crippen LogP contribution in [-0.2, 0) is 19.1 Å². The Morgan fingerprint density at radius 2 is 2.04 bits per heavy atom. The molecule has 2 aliphatic heterocycles. The van der Waals surface area contributed by atoms with Gasteiger partial charge in [0.15, 0.2) is 0 Å². The maximum Gasteiger partial charge on any atom is 0.338 e. The van der Waals surface area contributed by atoms with Gasteiger partial charge in [-0.15, -0.1) is 0 Å². The summed E-state index contributed by atoms with van der Waals surface area (Å²) in [5, 5.41) is 5.43. The number of hydrogen-bond donors (Lipinski definition) is 2. The van der Waals surface area contributed by atoms with E-state index in [1.54, 1.807) is 31.4 Å². The third kappa shape index (κ3) is 3.87. The van der Waals surface area contributed by atoms with Crippen LogP contribution in [0.4, 0.5) is 4.79 Å². The molecule has 0 spiro atoms.